The van der Waals surface area contributed by atoms with Gasteiger partial charge in [0.05, 0.1) is 17.8 Å². The maximum absolute atomic E-state index is 12.7. The van der Waals surface area contributed by atoms with E-state index >= 15 is 0 Å². The second-order valence-electron chi connectivity index (χ2n) is 7.17. The largest absolute Gasteiger partial charge is 0.496 e. The zero-order valence-electron chi connectivity index (χ0n) is 17.0. The highest BCUT2D eigenvalue weighted by atomic mass is 35.5. The number of nitrogens with zero attached hydrogens (tertiary/aromatic N) is 2. The van der Waals surface area contributed by atoms with E-state index < -0.39 is 0 Å². The highest BCUT2D eigenvalue weighted by molar-refractivity contribution is 6.30. The number of pyridine rings is 1. The van der Waals surface area contributed by atoms with Gasteiger partial charge >= 0.3 is 0 Å². The van der Waals surface area contributed by atoms with Gasteiger partial charge in [0.2, 0.25) is 5.91 Å². The second-order valence-corrected chi connectivity index (χ2v) is 7.60. The predicted octanol–water partition coefficient (Wildman–Crippen LogP) is 5.21. The number of rotatable bonds is 10. The molecular formula is C23H28ClN3O2. The summed E-state index contributed by atoms with van der Waals surface area (Å²) in [5.41, 5.74) is 2.66. The minimum Gasteiger partial charge on any atom is -0.496 e. The predicted molar refractivity (Wildman–Crippen MR) is 117 cm³/mol. The fourth-order valence-electron chi connectivity index (χ4n) is 3.60. The van der Waals surface area contributed by atoms with Gasteiger partial charge in [-0.1, -0.05) is 56.0 Å². The smallest absolute Gasteiger partial charge is 0.221 e. The summed E-state index contributed by atoms with van der Waals surface area (Å²) in [5.74, 6) is 0.579. The summed E-state index contributed by atoms with van der Waals surface area (Å²) in [5, 5.41) is 3.69. The average molecular weight is 414 g/mol. The van der Waals surface area contributed by atoms with Gasteiger partial charge in [-0.2, -0.15) is 0 Å². The number of halogens is 1. The van der Waals surface area contributed by atoms with Crippen LogP contribution in [0, 0.1) is 0 Å². The molecule has 3 aromatic rings. The molecule has 1 amide bonds. The fraction of sp³-hybridized carbons (Fsp3) is 0.391. The number of para-hydroxylation sites is 1. The molecule has 0 aliphatic rings. The summed E-state index contributed by atoms with van der Waals surface area (Å²) in [4.78, 5) is 17.2. The summed E-state index contributed by atoms with van der Waals surface area (Å²) >= 11 is 6.22. The number of methoxy groups -OCH3 is 1. The van der Waals surface area contributed by atoms with Gasteiger partial charge in [0, 0.05) is 36.8 Å². The van der Waals surface area contributed by atoms with Gasteiger partial charge in [0.25, 0.3) is 0 Å². The van der Waals surface area contributed by atoms with Gasteiger partial charge in [-0.25, -0.2) is 4.98 Å². The van der Waals surface area contributed by atoms with E-state index in [0.29, 0.717) is 18.0 Å². The van der Waals surface area contributed by atoms with Crippen LogP contribution in [-0.2, 0) is 4.79 Å². The van der Waals surface area contributed by atoms with Crippen LogP contribution < -0.4 is 10.1 Å². The van der Waals surface area contributed by atoms with E-state index in [1.165, 1.54) is 12.8 Å². The van der Waals surface area contributed by atoms with E-state index in [2.05, 4.69) is 17.2 Å². The molecule has 2 aromatic heterocycles. The van der Waals surface area contributed by atoms with Crippen LogP contribution in [-0.4, -0.2) is 28.9 Å². The number of nitrogens with one attached hydrogen (secondary N) is 1. The van der Waals surface area contributed by atoms with Crippen LogP contribution in [0.15, 0.2) is 48.8 Å². The number of benzene rings is 1. The summed E-state index contributed by atoms with van der Waals surface area (Å²) in [6, 6.07) is 11.5. The number of carbonyl (C=O) groups excluding carboxylic acids is 1. The van der Waals surface area contributed by atoms with Crippen molar-refractivity contribution in [3.63, 3.8) is 0 Å². The second kappa shape index (κ2) is 10.3. The minimum absolute atomic E-state index is 0.0226. The van der Waals surface area contributed by atoms with Crippen LogP contribution in [0.4, 0.5) is 0 Å². The van der Waals surface area contributed by atoms with E-state index in [4.69, 9.17) is 16.3 Å². The topological polar surface area (TPSA) is 55.6 Å². The molecular weight excluding hydrogens is 386 g/mol. The Morgan fingerprint density at radius 1 is 1.21 bits per heavy atom. The van der Waals surface area contributed by atoms with E-state index in [9.17, 15) is 4.79 Å². The number of ether oxygens (including phenoxy) is 1. The summed E-state index contributed by atoms with van der Waals surface area (Å²) in [7, 11) is 1.65. The first-order valence-electron chi connectivity index (χ1n) is 10.2. The zero-order valence-corrected chi connectivity index (χ0v) is 17.8. The molecule has 0 fully saturated rings. The Morgan fingerprint density at radius 2 is 2.03 bits per heavy atom. The number of aromatic nitrogens is 2. The quantitative estimate of drug-likeness (QED) is 0.464. The van der Waals surface area contributed by atoms with Crippen molar-refractivity contribution in [3.05, 3.63) is 65.1 Å². The maximum Gasteiger partial charge on any atom is 0.221 e. The molecule has 0 bridgehead atoms. The minimum atomic E-state index is -0.199. The van der Waals surface area contributed by atoms with Crippen molar-refractivity contribution in [1.29, 1.82) is 0 Å². The summed E-state index contributed by atoms with van der Waals surface area (Å²) < 4.78 is 7.53. The Kier molecular flexibility index (Phi) is 7.53. The molecule has 0 spiro atoms. The third-order valence-corrected chi connectivity index (χ3v) is 5.34. The van der Waals surface area contributed by atoms with Crippen LogP contribution in [0.25, 0.3) is 5.65 Å². The lowest BCUT2D eigenvalue weighted by Gasteiger charge is -2.20. The Labute approximate surface area is 177 Å². The molecule has 1 N–H and O–H groups in total. The lowest BCUT2D eigenvalue weighted by atomic mass is 9.91. The molecule has 0 aliphatic heterocycles. The van der Waals surface area contributed by atoms with E-state index in [-0.39, 0.29) is 11.8 Å². The standard InChI is InChI=1S/C23H28ClN3O2/c1-3-4-5-8-13-25-23(28)14-19(18-9-6-7-10-21(18)29-2)20-15-26-22-12-11-17(24)16-27(20)22/h6-7,9-12,15-16,19H,3-5,8,13-14H2,1-2H3,(H,25,28). The van der Waals surface area contributed by atoms with E-state index in [1.807, 2.05) is 53.2 Å². The molecule has 1 atom stereocenters. The molecule has 1 aromatic carbocycles. The third-order valence-electron chi connectivity index (χ3n) is 5.11. The maximum atomic E-state index is 12.7. The van der Waals surface area contributed by atoms with Crippen molar-refractivity contribution >= 4 is 23.2 Å². The molecule has 29 heavy (non-hydrogen) atoms. The van der Waals surface area contributed by atoms with Crippen LogP contribution in [0.2, 0.25) is 5.02 Å². The summed E-state index contributed by atoms with van der Waals surface area (Å²) in [6.07, 6.45) is 8.49. The van der Waals surface area contributed by atoms with Crippen LogP contribution >= 0.6 is 11.6 Å². The van der Waals surface area contributed by atoms with E-state index in [0.717, 1.165) is 35.5 Å². The fourth-order valence-corrected chi connectivity index (χ4v) is 3.76. The molecule has 0 aliphatic carbocycles. The molecule has 3 rings (SSSR count). The zero-order chi connectivity index (χ0) is 20.6. The molecule has 154 valence electrons. The van der Waals surface area contributed by atoms with Crippen molar-refractivity contribution in [2.24, 2.45) is 0 Å². The molecule has 2 heterocycles. The van der Waals surface area contributed by atoms with Gasteiger partial charge in [0.15, 0.2) is 0 Å². The van der Waals surface area contributed by atoms with Crippen LogP contribution in [0.1, 0.15) is 56.2 Å². The Balaban J connectivity index is 1.88. The number of carbonyl (C=O) groups is 1. The molecule has 5 nitrogen and oxygen atoms in total. The highest BCUT2D eigenvalue weighted by Crippen LogP contribution is 2.35. The Bertz CT molecular complexity index is 954. The van der Waals surface area contributed by atoms with Crippen molar-refractivity contribution in [3.8, 4) is 5.75 Å². The molecule has 0 saturated carbocycles. The van der Waals surface area contributed by atoms with Crippen molar-refractivity contribution in [1.82, 2.24) is 14.7 Å². The lowest BCUT2D eigenvalue weighted by Crippen LogP contribution is -2.26. The van der Waals surface area contributed by atoms with Gasteiger partial charge in [0.1, 0.15) is 11.4 Å². The first-order chi connectivity index (χ1) is 14.1. The molecule has 6 heteroatoms. The number of fused-ring (bicyclic) bond motifs is 1. The van der Waals surface area contributed by atoms with Crippen molar-refractivity contribution in [2.45, 2.75) is 44.9 Å². The van der Waals surface area contributed by atoms with Gasteiger partial charge < -0.3 is 14.5 Å². The van der Waals surface area contributed by atoms with E-state index in [1.54, 1.807) is 7.11 Å². The Hall–Kier alpha value is -2.53. The number of unbranched alkanes of at least 4 members (excludes halogenated alkanes) is 3. The number of hydrogen-bond donors (Lipinski definition) is 1. The van der Waals surface area contributed by atoms with Crippen molar-refractivity contribution < 1.29 is 9.53 Å². The number of amides is 1. The highest BCUT2D eigenvalue weighted by Gasteiger charge is 2.24. The summed E-state index contributed by atoms with van der Waals surface area (Å²) in [6.45, 7) is 2.88. The normalized spacial score (nSPS) is 12.1. The molecule has 0 saturated heterocycles. The average Bonchev–Trinajstić information content (AvgIpc) is 3.14. The van der Waals surface area contributed by atoms with Gasteiger partial charge in [-0.05, 0) is 24.6 Å². The first-order valence-corrected chi connectivity index (χ1v) is 10.5. The van der Waals surface area contributed by atoms with Gasteiger partial charge in [-0.3, -0.25) is 4.79 Å². The number of hydrogen-bond acceptors (Lipinski definition) is 3. The van der Waals surface area contributed by atoms with Crippen LogP contribution in [0.3, 0.4) is 0 Å². The number of imidazole rings is 1. The monoisotopic (exact) mass is 413 g/mol. The molecule has 1 unspecified atom stereocenters. The first kappa shape index (κ1) is 21.2. The SMILES string of the molecule is CCCCCCNC(=O)CC(c1ccccc1OC)c1cnc2ccc(Cl)cn12. The van der Waals surface area contributed by atoms with Crippen molar-refractivity contribution in [2.75, 3.05) is 13.7 Å². The van der Waals surface area contributed by atoms with Crippen LogP contribution in [0.5, 0.6) is 5.75 Å². The Morgan fingerprint density at radius 3 is 2.83 bits per heavy atom. The lowest BCUT2D eigenvalue weighted by molar-refractivity contribution is -0.121. The molecule has 0 radical (unpaired) electrons. The third kappa shape index (κ3) is 5.30. The van der Waals surface area contributed by atoms with Gasteiger partial charge in [-0.15, -0.1) is 0 Å².